The van der Waals surface area contributed by atoms with Crippen molar-refractivity contribution in [1.82, 2.24) is 15.3 Å². The molecule has 140 valence electrons. The second-order valence-corrected chi connectivity index (χ2v) is 7.65. The van der Waals surface area contributed by atoms with E-state index >= 15 is 0 Å². The Kier molecular flexibility index (Phi) is 5.25. The van der Waals surface area contributed by atoms with E-state index in [0.29, 0.717) is 18.0 Å². The molecular weight excluding hydrogens is 335 g/mol. The van der Waals surface area contributed by atoms with Crippen molar-refractivity contribution < 1.29 is 13.9 Å². The van der Waals surface area contributed by atoms with Gasteiger partial charge in [-0.3, -0.25) is 0 Å². The number of anilines is 1. The lowest BCUT2D eigenvalue weighted by molar-refractivity contribution is 0.0517. The van der Waals surface area contributed by atoms with E-state index in [9.17, 15) is 9.18 Å². The third-order valence-corrected chi connectivity index (χ3v) is 4.44. The molecule has 0 bridgehead atoms. The monoisotopic (exact) mass is 360 g/mol. The highest BCUT2D eigenvalue weighted by Gasteiger charge is 2.23. The van der Waals surface area contributed by atoms with Crippen LogP contribution in [0.2, 0.25) is 0 Å². The number of hydrogen-bond acceptors (Lipinski definition) is 5. The van der Waals surface area contributed by atoms with Crippen LogP contribution in [0, 0.1) is 11.7 Å². The fraction of sp³-hybridized carbons (Fsp3) is 0.526. The van der Waals surface area contributed by atoms with Gasteiger partial charge in [0.15, 0.2) is 0 Å². The molecule has 2 aromatic rings. The van der Waals surface area contributed by atoms with Gasteiger partial charge in [-0.2, -0.15) is 0 Å². The third-order valence-electron chi connectivity index (χ3n) is 4.44. The summed E-state index contributed by atoms with van der Waals surface area (Å²) < 4.78 is 19.2. The number of carbonyl (C=O) groups excluding carboxylic acids is 1. The van der Waals surface area contributed by atoms with Crippen molar-refractivity contribution >= 4 is 22.8 Å². The minimum atomic E-state index is -0.489. The third kappa shape index (κ3) is 4.39. The predicted octanol–water partition coefficient (Wildman–Crippen LogP) is 3.51. The molecule has 26 heavy (non-hydrogen) atoms. The first-order valence-corrected chi connectivity index (χ1v) is 8.94. The second kappa shape index (κ2) is 7.43. The topological polar surface area (TPSA) is 67.3 Å². The Morgan fingerprint density at radius 3 is 2.73 bits per heavy atom. The van der Waals surface area contributed by atoms with Gasteiger partial charge in [-0.1, -0.05) is 6.07 Å². The van der Waals surface area contributed by atoms with E-state index in [-0.39, 0.29) is 11.9 Å². The number of hydrogen-bond donors (Lipinski definition) is 1. The summed E-state index contributed by atoms with van der Waals surface area (Å²) in [6.07, 6.45) is 2.89. The Hall–Kier alpha value is -2.44. The SMILES string of the molecule is CC(C)(C)OC(=O)NCC1CCN(c2ncnc3c(F)cccc23)CC1. The number of alkyl carbamates (subject to hydrolysis) is 1. The number of rotatable bonds is 3. The van der Waals surface area contributed by atoms with E-state index in [1.54, 1.807) is 6.07 Å². The molecular formula is C19H25FN4O2. The van der Waals surface area contributed by atoms with Crippen LogP contribution in [0.5, 0.6) is 0 Å². The van der Waals surface area contributed by atoms with Gasteiger partial charge >= 0.3 is 6.09 Å². The molecule has 0 saturated carbocycles. The Labute approximate surface area is 152 Å². The summed E-state index contributed by atoms with van der Waals surface area (Å²) in [5, 5.41) is 3.58. The van der Waals surface area contributed by atoms with Gasteiger partial charge in [0.1, 0.15) is 29.1 Å². The molecule has 1 aliphatic heterocycles. The van der Waals surface area contributed by atoms with Gasteiger partial charge in [-0.25, -0.2) is 19.2 Å². The Morgan fingerprint density at radius 1 is 1.31 bits per heavy atom. The smallest absolute Gasteiger partial charge is 0.407 e. The van der Waals surface area contributed by atoms with Crippen LogP contribution in [-0.4, -0.2) is 41.3 Å². The highest BCUT2D eigenvalue weighted by molar-refractivity contribution is 5.89. The van der Waals surface area contributed by atoms with Gasteiger partial charge in [-0.15, -0.1) is 0 Å². The Bertz CT molecular complexity index is 783. The zero-order valence-electron chi connectivity index (χ0n) is 15.5. The minimum absolute atomic E-state index is 0.331. The van der Waals surface area contributed by atoms with Crippen molar-refractivity contribution in [2.75, 3.05) is 24.5 Å². The largest absolute Gasteiger partial charge is 0.444 e. The number of aromatic nitrogens is 2. The van der Waals surface area contributed by atoms with Crippen LogP contribution >= 0.6 is 0 Å². The summed E-state index contributed by atoms with van der Waals surface area (Å²) in [4.78, 5) is 22.4. The molecule has 1 amide bonds. The van der Waals surface area contributed by atoms with E-state index in [1.807, 2.05) is 26.8 Å². The lowest BCUT2D eigenvalue weighted by Crippen LogP contribution is -2.40. The van der Waals surface area contributed by atoms with E-state index in [1.165, 1.54) is 12.4 Å². The highest BCUT2D eigenvalue weighted by Crippen LogP contribution is 2.28. The van der Waals surface area contributed by atoms with Crippen molar-refractivity contribution in [3.05, 3.63) is 30.3 Å². The van der Waals surface area contributed by atoms with Crippen LogP contribution in [-0.2, 0) is 4.74 Å². The molecule has 0 radical (unpaired) electrons. The maximum absolute atomic E-state index is 13.9. The average Bonchev–Trinajstić information content (AvgIpc) is 2.59. The van der Waals surface area contributed by atoms with Gasteiger partial charge in [0.2, 0.25) is 0 Å². The molecule has 0 aliphatic carbocycles. The number of fused-ring (bicyclic) bond motifs is 1. The van der Waals surface area contributed by atoms with Gasteiger partial charge in [0.05, 0.1) is 0 Å². The van der Waals surface area contributed by atoms with Crippen LogP contribution in [0.1, 0.15) is 33.6 Å². The first-order chi connectivity index (χ1) is 12.3. The molecule has 0 spiro atoms. The number of nitrogens with zero attached hydrogens (tertiary/aromatic N) is 3. The standard InChI is InChI=1S/C19H25FN4O2/c1-19(2,3)26-18(25)21-11-13-7-9-24(10-8-13)17-14-5-4-6-15(20)16(14)22-12-23-17/h4-6,12-13H,7-11H2,1-3H3,(H,21,25). The highest BCUT2D eigenvalue weighted by atomic mass is 19.1. The zero-order chi connectivity index (χ0) is 18.7. The molecule has 6 nitrogen and oxygen atoms in total. The van der Waals surface area contributed by atoms with Crippen molar-refractivity contribution in [3.8, 4) is 0 Å². The van der Waals surface area contributed by atoms with Crippen molar-refractivity contribution in [2.24, 2.45) is 5.92 Å². The number of benzene rings is 1. The minimum Gasteiger partial charge on any atom is -0.444 e. The molecule has 1 aromatic carbocycles. The first-order valence-electron chi connectivity index (χ1n) is 8.94. The van der Waals surface area contributed by atoms with Gasteiger partial charge < -0.3 is 15.0 Å². The molecule has 3 rings (SSSR count). The van der Waals surface area contributed by atoms with Gasteiger partial charge in [-0.05, 0) is 51.7 Å². The average molecular weight is 360 g/mol. The Morgan fingerprint density at radius 2 is 2.04 bits per heavy atom. The van der Waals surface area contributed by atoms with Crippen molar-refractivity contribution in [2.45, 2.75) is 39.2 Å². The van der Waals surface area contributed by atoms with E-state index in [2.05, 4.69) is 20.2 Å². The summed E-state index contributed by atoms with van der Waals surface area (Å²) in [7, 11) is 0. The maximum Gasteiger partial charge on any atom is 0.407 e. The van der Waals surface area contributed by atoms with Gasteiger partial charge in [0, 0.05) is 25.0 Å². The Balaban J connectivity index is 1.58. The zero-order valence-corrected chi connectivity index (χ0v) is 15.5. The quantitative estimate of drug-likeness (QED) is 0.907. The molecule has 1 fully saturated rings. The molecule has 0 unspecified atom stereocenters. The van der Waals surface area contributed by atoms with Crippen LogP contribution in [0.4, 0.5) is 15.0 Å². The summed E-state index contributed by atoms with van der Waals surface area (Å²) in [6.45, 7) is 7.76. The molecule has 1 aliphatic rings. The van der Waals surface area contributed by atoms with E-state index in [0.717, 1.165) is 37.1 Å². The molecule has 7 heteroatoms. The molecule has 1 aromatic heterocycles. The molecule has 0 atom stereocenters. The fourth-order valence-electron chi connectivity index (χ4n) is 3.18. The number of amides is 1. The number of ether oxygens (including phenoxy) is 1. The molecule has 1 saturated heterocycles. The molecule has 2 heterocycles. The van der Waals surface area contributed by atoms with Crippen LogP contribution < -0.4 is 10.2 Å². The van der Waals surface area contributed by atoms with Gasteiger partial charge in [0.25, 0.3) is 0 Å². The van der Waals surface area contributed by atoms with Crippen LogP contribution in [0.3, 0.4) is 0 Å². The summed E-state index contributed by atoms with van der Waals surface area (Å²) in [6, 6.07) is 4.94. The van der Waals surface area contributed by atoms with Crippen LogP contribution in [0.25, 0.3) is 10.9 Å². The van der Waals surface area contributed by atoms with E-state index < -0.39 is 5.60 Å². The number of carbonyl (C=O) groups is 1. The number of halogens is 1. The lowest BCUT2D eigenvalue weighted by Gasteiger charge is -2.33. The number of para-hydroxylation sites is 1. The summed E-state index contributed by atoms with van der Waals surface area (Å²) in [5.41, 5.74) is -0.136. The summed E-state index contributed by atoms with van der Waals surface area (Å²) >= 11 is 0. The molecule has 1 N–H and O–H groups in total. The first kappa shape index (κ1) is 18.4. The van der Waals surface area contributed by atoms with E-state index in [4.69, 9.17) is 4.74 Å². The maximum atomic E-state index is 13.9. The summed E-state index contributed by atoms with van der Waals surface area (Å²) in [5.74, 6) is 0.833. The van der Waals surface area contributed by atoms with Crippen molar-refractivity contribution in [3.63, 3.8) is 0 Å². The lowest BCUT2D eigenvalue weighted by atomic mass is 9.96. The van der Waals surface area contributed by atoms with Crippen molar-refractivity contribution in [1.29, 1.82) is 0 Å². The second-order valence-electron chi connectivity index (χ2n) is 7.65. The normalized spacial score (nSPS) is 15.9. The number of piperidine rings is 1. The number of nitrogens with one attached hydrogen (secondary N) is 1. The van der Waals surface area contributed by atoms with Crippen LogP contribution in [0.15, 0.2) is 24.5 Å². The fourth-order valence-corrected chi connectivity index (χ4v) is 3.18. The predicted molar refractivity (Wildman–Crippen MR) is 98.7 cm³/mol.